The minimum absolute atomic E-state index is 0.0716. The van der Waals surface area contributed by atoms with Crippen LogP contribution in [0.1, 0.15) is 56.6 Å². The van der Waals surface area contributed by atoms with Crippen LogP contribution >= 0.6 is 11.6 Å². The summed E-state index contributed by atoms with van der Waals surface area (Å²) in [5.74, 6) is -3.72. The van der Waals surface area contributed by atoms with Gasteiger partial charge in [-0.15, -0.1) is 11.6 Å². The molecule has 12 nitrogen and oxygen atoms in total. The number of benzene rings is 1. The quantitative estimate of drug-likeness (QED) is 0.141. The lowest BCUT2D eigenvalue weighted by Crippen LogP contribution is -2.56. The number of hydrogen-bond acceptors (Lipinski definition) is 7. The minimum atomic E-state index is -1.38. The predicted octanol–water partition coefficient (Wildman–Crippen LogP) is 1.05. The molecule has 2 aromatic rings. The van der Waals surface area contributed by atoms with Gasteiger partial charge in [-0.3, -0.25) is 29.0 Å². The van der Waals surface area contributed by atoms with Crippen molar-refractivity contribution in [3.8, 4) is 0 Å². The minimum Gasteiger partial charge on any atom is -0.390 e. The van der Waals surface area contributed by atoms with E-state index in [0.717, 1.165) is 5.56 Å². The van der Waals surface area contributed by atoms with E-state index >= 15 is 0 Å². The number of amides is 5. The number of alkyl halides is 1. The van der Waals surface area contributed by atoms with Crippen LogP contribution in [0.25, 0.3) is 0 Å². The third-order valence-electron chi connectivity index (χ3n) is 6.79. The third-order valence-corrected chi connectivity index (χ3v) is 7.10. The van der Waals surface area contributed by atoms with Crippen molar-refractivity contribution in [2.24, 2.45) is 17.6 Å². The van der Waals surface area contributed by atoms with Crippen molar-refractivity contribution in [2.45, 2.75) is 77.2 Å². The fraction of sp³-hybridized carbons (Fsp3) is 0.484. The van der Waals surface area contributed by atoms with E-state index in [1.54, 1.807) is 38.1 Å². The summed E-state index contributed by atoms with van der Waals surface area (Å²) in [6, 6.07) is 9.89. The van der Waals surface area contributed by atoms with E-state index in [-0.39, 0.29) is 29.8 Å². The summed E-state index contributed by atoms with van der Waals surface area (Å²) in [6.07, 6.45) is 0.0996. The molecule has 0 saturated heterocycles. The van der Waals surface area contributed by atoms with Crippen molar-refractivity contribution >= 4 is 41.1 Å². The van der Waals surface area contributed by atoms with E-state index in [1.807, 2.05) is 32.0 Å². The zero-order chi connectivity index (χ0) is 32.8. The summed E-state index contributed by atoms with van der Waals surface area (Å²) in [6.45, 7) is 7.26. The Labute approximate surface area is 262 Å². The molecule has 0 aliphatic rings. The van der Waals surface area contributed by atoms with Crippen molar-refractivity contribution in [3.63, 3.8) is 0 Å². The van der Waals surface area contributed by atoms with Crippen molar-refractivity contribution in [1.82, 2.24) is 26.3 Å². The second-order valence-corrected chi connectivity index (χ2v) is 11.7. The highest BCUT2D eigenvalue weighted by Gasteiger charge is 2.32. The van der Waals surface area contributed by atoms with E-state index < -0.39 is 66.2 Å². The van der Waals surface area contributed by atoms with Gasteiger partial charge in [0.1, 0.15) is 23.8 Å². The van der Waals surface area contributed by atoms with Crippen LogP contribution in [0.3, 0.4) is 0 Å². The number of nitrogens with zero attached hydrogens (tertiary/aromatic N) is 1. The topological polar surface area (TPSA) is 193 Å². The number of rotatable bonds is 17. The van der Waals surface area contributed by atoms with Gasteiger partial charge in [0.15, 0.2) is 0 Å². The molecule has 5 amide bonds. The number of aliphatic hydroxyl groups is 1. The number of primary amides is 1. The number of aliphatic hydroxyl groups excluding tert-OH is 1. The first-order valence-corrected chi connectivity index (χ1v) is 15.0. The molecule has 0 unspecified atom stereocenters. The zero-order valence-electron chi connectivity index (χ0n) is 25.5. The number of aromatic nitrogens is 1. The summed E-state index contributed by atoms with van der Waals surface area (Å²) in [5, 5.41) is 21.6. The van der Waals surface area contributed by atoms with Gasteiger partial charge in [0.2, 0.25) is 23.6 Å². The van der Waals surface area contributed by atoms with Gasteiger partial charge in [0.25, 0.3) is 5.91 Å². The zero-order valence-corrected chi connectivity index (χ0v) is 26.2. The molecule has 0 aliphatic heterocycles. The van der Waals surface area contributed by atoms with E-state index in [4.69, 9.17) is 17.3 Å². The Balaban J connectivity index is 2.15. The average molecular weight is 631 g/mol. The third kappa shape index (κ3) is 11.9. The molecule has 1 heterocycles. The van der Waals surface area contributed by atoms with Crippen LogP contribution in [-0.2, 0) is 25.6 Å². The first-order valence-electron chi connectivity index (χ1n) is 14.5. The van der Waals surface area contributed by atoms with E-state index in [9.17, 15) is 29.1 Å². The molecule has 1 aromatic carbocycles. The molecule has 44 heavy (non-hydrogen) atoms. The number of nitrogens with two attached hydrogens (primary N) is 1. The fourth-order valence-electron chi connectivity index (χ4n) is 4.42. The normalized spacial score (nSPS) is 14.5. The fourth-order valence-corrected chi connectivity index (χ4v) is 4.64. The van der Waals surface area contributed by atoms with Gasteiger partial charge in [-0.1, -0.05) is 64.1 Å². The van der Waals surface area contributed by atoms with Crippen LogP contribution in [0, 0.1) is 11.8 Å². The molecule has 0 radical (unpaired) electrons. The van der Waals surface area contributed by atoms with Crippen LogP contribution in [0.5, 0.6) is 0 Å². The van der Waals surface area contributed by atoms with Crippen molar-refractivity contribution in [1.29, 1.82) is 0 Å². The highest BCUT2D eigenvalue weighted by molar-refractivity contribution is 6.20. The van der Waals surface area contributed by atoms with Crippen LogP contribution < -0.4 is 27.0 Å². The largest absolute Gasteiger partial charge is 0.390 e. The van der Waals surface area contributed by atoms with Gasteiger partial charge < -0.3 is 32.1 Å². The number of halogens is 1. The lowest BCUT2D eigenvalue weighted by Gasteiger charge is -2.28. The smallest absolute Gasteiger partial charge is 0.270 e. The summed E-state index contributed by atoms with van der Waals surface area (Å²) in [5.41, 5.74) is 6.34. The maximum absolute atomic E-state index is 13.4. The van der Waals surface area contributed by atoms with E-state index in [0.29, 0.717) is 6.42 Å². The summed E-state index contributed by atoms with van der Waals surface area (Å²) >= 11 is 5.95. The maximum atomic E-state index is 13.4. The maximum Gasteiger partial charge on any atom is 0.270 e. The van der Waals surface area contributed by atoms with Crippen molar-refractivity contribution in [2.75, 3.05) is 5.88 Å². The molecule has 7 N–H and O–H groups in total. The monoisotopic (exact) mass is 630 g/mol. The number of pyridine rings is 1. The van der Waals surface area contributed by atoms with E-state index in [2.05, 4.69) is 26.3 Å². The molecule has 5 atom stereocenters. The van der Waals surface area contributed by atoms with Crippen LogP contribution in [0.4, 0.5) is 0 Å². The number of carbonyl (C=O) groups excluding carboxylic acids is 5. The molecule has 13 heteroatoms. The highest BCUT2D eigenvalue weighted by atomic mass is 35.5. The lowest BCUT2D eigenvalue weighted by atomic mass is 9.97. The van der Waals surface area contributed by atoms with Gasteiger partial charge in [-0.2, -0.15) is 0 Å². The molecule has 0 fully saturated rings. The van der Waals surface area contributed by atoms with Crippen LogP contribution in [-0.4, -0.2) is 75.8 Å². The predicted molar refractivity (Wildman–Crippen MR) is 166 cm³/mol. The Morgan fingerprint density at radius 1 is 0.864 bits per heavy atom. The van der Waals surface area contributed by atoms with E-state index in [1.165, 1.54) is 12.3 Å². The van der Waals surface area contributed by atoms with Crippen molar-refractivity contribution < 1.29 is 29.1 Å². The summed E-state index contributed by atoms with van der Waals surface area (Å²) in [7, 11) is 0. The number of hydrogen-bond donors (Lipinski definition) is 6. The molecular weight excluding hydrogens is 588 g/mol. The molecular formula is C31H43ClN6O6. The van der Waals surface area contributed by atoms with Gasteiger partial charge in [-0.25, -0.2) is 0 Å². The van der Waals surface area contributed by atoms with Crippen molar-refractivity contribution in [3.05, 3.63) is 66.0 Å². The number of carbonyl (C=O) groups is 5. The lowest BCUT2D eigenvalue weighted by molar-refractivity contribution is -0.132. The molecule has 0 aliphatic carbocycles. The Hall–Kier alpha value is -4.03. The molecule has 0 saturated carbocycles. The van der Waals surface area contributed by atoms with Gasteiger partial charge >= 0.3 is 0 Å². The molecule has 240 valence electrons. The second kappa shape index (κ2) is 17.9. The Kier molecular flexibility index (Phi) is 14.7. The summed E-state index contributed by atoms with van der Waals surface area (Å²) in [4.78, 5) is 67.7. The van der Waals surface area contributed by atoms with Gasteiger partial charge in [0, 0.05) is 6.20 Å². The molecule has 1 aromatic heterocycles. The second-order valence-electron chi connectivity index (χ2n) is 11.4. The standard InChI is InChI=1S/C31H43ClN6O6/c1-18(2)14-23(28(33)41)37-30(43)24(17-32)35-26(40)16-25(39)22(15-20-10-6-5-7-11-20)36-31(44)27(19(3)4)38-29(42)21-12-8-9-13-34-21/h5-13,18-19,22-25,27,39H,14-17H2,1-4H3,(H2,33,41)(H,35,40)(H,36,44)(H,37,43)(H,38,42)/t22-,23-,24-,25-,27+/m0/s1. The molecule has 0 bridgehead atoms. The van der Waals surface area contributed by atoms with Crippen LogP contribution in [0.15, 0.2) is 54.7 Å². The Morgan fingerprint density at radius 2 is 1.52 bits per heavy atom. The molecule has 0 spiro atoms. The Bertz CT molecular complexity index is 1250. The average Bonchev–Trinajstić information content (AvgIpc) is 2.98. The SMILES string of the molecule is CC(C)C[C@H](NC(=O)[C@H](CCl)NC(=O)C[C@H](O)[C@H](Cc1ccccc1)NC(=O)[C@H](NC(=O)c1ccccn1)C(C)C)C(N)=O. The number of nitrogens with one attached hydrogen (secondary N) is 4. The highest BCUT2D eigenvalue weighted by Crippen LogP contribution is 2.12. The first-order chi connectivity index (χ1) is 20.8. The first kappa shape index (κ1) is 36.2. The molecule has 2 rings (SSSR count). The van der Waals surface area contributed by atoms with Gasteiger partial charge in [0.05, 0.1) is 24.4 Å². The Morgan fingerprint density at radius 3 is 2.07 bits per heavy atom. The summed E-state index contributed by atoms with van der Waals surface area (Å²) < 4.78 is 0. The van der Waals surface area contributed by atoms with Gasteiger partial charge in [-0.05, 0) is 42.4 Å². The van der Waals surface area contributed by atoms with Crippen LogP contribution in [0.2, 0.25) is 0 Å².